The van der Waals surface area contributed by atoms with Crippen LogP contribution in [0.2, 0.25) is 0 Å². The third-order valence-electron chi connectivity index (χ3n) is 2.82. The summed E-state index contributed by atoms with van der Waals surface area (Å²) in [6.07, 6.45) is 1.14. The van der Waals surface area contributed by atoms with Crippen LogP contribution in [0.25, 0.3) is 0 Å². The highest BCUT2D eigenvalue weighted by atomic mass is 32.1. The molecule has 0 radical (unpaired) electrons. The number of aryl methyl sites for hydroxylation is 2. The van der Waals surface area contributed by atoms with Crippen LogP contribution in [0.15, 0.2) is 28.0 Å². The van der Waals surface area contributed by atoms with E-state index in [4.69, 9.17) is 4.42 Å². The zero-order valence-corrected chi connectivity index (χ0v) is 11.4. The van der Waals surface area contributed by atoms with Gasteiger partial charge < -0.3 is 9.73 Å². The Bertz CT molecular complexity index is 459. The van der Waals surface area contributed by atoms with Crippen molar-refractivity contribution >= 4 is 11.3 Å². The summed E-state index contributed by atoms with van der Waals surface area (Å²) < 4.78 is 5.64. The zero-order valence-electron chi connectivity index (χ0n) is 10.6. The van der Waals surface area contributed by atoms with Crippen LogP contribution in [-0.4, -0.2) is 6.54 Å². The van der Waals surface area contributed by atoms with Crippen LogP contribution in [-0.2, 0) is 0 Å². The Kier molecular flexibility index (Phi) is 4.02. The van der Waals surface area contributed by atoms with Crippen molar-refractivity contribution in [2.75, 3.05) is 6.54 Å². The smallest absolute Gasteiger partial charge is 0.106 e. The molecule has 0 aliphatic carbocycles. The van der Waals surface area contributed by atoms with E-state index < -0.39 is 0 Å². The van der Waals surface area contributed by atoms with E-state index in [-0.39, 0.29) is 6.04 Å². The van der Waals surface area contributed by atoms with Gasteiger partial charge in [0.25, 0.3) is 0 Å². The first-order valence-electron chi connectivity index (χ1n) is 6.06. The summed E-state index contributed by atoms with van der Waals surface area (Å²) in [7, 11) is 0. The molecule has 1 atom stereocenters. The maximum atomic E-state index is 5.64. The van der Waals surface area contributed by atoms with Crippen LogP contribution in [0.3, 0.4) is 0 Å². The Morgan fingerprint density at radius 2 is 2.24 bits per heavy atom. The van der Waals surface area contributed by atoms with Gasteiger partial charge in [0.1, 0.15) is 11.5 Å². The number of hydrogen-bond donors (Lipinski definition) is 1. The summed E-state index contributed by atoms with van der Waals surface area (Å²) in [6, 6.07) is 6.69. The van der Waals surface area contributed by atoms with Crippen molar-refractivity contribution in [3.63, 3.8) is 0 Å². The molecule has 0 bridgehead atoms. The zero-order chi connectivity index (χ0) is 12.3. The van der Waals surface area contributed by atoms with Crippen LogP contribution in [0.5, 0.6) is 0 Å². The summed E-state index contributed by atoms with van der Waals surface area (Å²) in [6.45, 7) is 7.25. The second-order valence-electron chi connectivity index (χ2n) is 4.27. The van der Waals surface area contributed by atoms with Gasteiger partial charge in [-0.3, -0.25) is 0 Å². The summed E-state index contributed by atoms with van der Waals surface area (Å²) in [5, 5.41) is 5.72. The van der Waals surface area contributed by atoms with Gasteiger partial charge >= 0.3 is 0 Å². The van der Waals surface area contributed by atoms with Gasteiger partial charge in [0, 0.05) is 10.4 Å². The molecule has 2 aromatic heterocycles. The SMILES string of the molecule is CCCNC(c1cccs1)c1cc(C)oc1C. The van der Waals surface area contributed by atoms with Gasteiger partial charge in [-0.2, -0.15) is 0 Å². The molecular formula is C14H19NOS. The molecule has 0 aromatic carbocycles. The van der Waals surface area contributed by atoms with Gasteiger partial charge in [-0.15, -0.1) is 11.3 Å². The highest BCUT2D eigenvalue weighted by Gasteiger charge is 2.19. The van der Waals surface area contributed by atoms with Crippen molar-refractivity contribution in [3.05, 3.63) is 45.5 Å². The van der Waals surface area contributed by atoms with Crippen LogP contribution < -0.4 is 5.32 Å². The van der Waals surface area contributed by atoms with Gasteiger partial charge in [0.2, 0.25) is 0 Å². The van der Waals surface area contributed by atoms with Crippen molar-refractivity contribution in [1.82, 2.24) is 5.32 Å². The number of rotatable bonds is 5. The molecule has 92 valence electrons. The molecule has 0 saturated carbocycles. The van der Waals surface area contributed by atoms with E-state index in [1.54, 1.807) is 11.3 Å². The molecule has 0 saturated heterocycles. The molecule has 1 N–H and O–H groups in total. The minimum absolute atomic E-state index is 0.271. The van der Waals surface area contributed by atoms with Crippen LogP contribution >= 0.6 is 11.3 Å². The number of nitrogens with one attached hydrogen (secondary N) is 1. The largest absolute Gasteiger partial charge is 0.466 e. The molecule has 0 fully saturated rings. The van der Waals surface area contributed by atoms with E-state index in [9.17, 15) is 0 Å². The lowest BCUT2D eigenvalue weighted by molar-refractivity contribution is 0.494. The molecule has 0 aliphatic rings. The highest BCUT2D eigenvalue weighted by molar-refractivity contribution is 7.10. The van der Waals surface area contributed by atoms with Crippen molar-refractivity contribution in [1.29, 1.82) is 0 Å². The third kappa shape index (κ3) is 2.79. The van der Waals surface area contributed by atoms with Gasteiger partial charge in [-0.25, -0.2) is 0 Å². The molecule has 2 heterocycles. The lowest BCUT2D eigenvalue weighted by atomic mass is 10.1. The van der Waals surface area contributed by atoms with Crippen LogP contribution in [0.4, 0.5) is 0 Å². The second-order valence-corrected chi connectivity index (χ2v) is 5.25. The molecule has 0 aliphatic heterocycles. The first-order valence-corrected chi connectivity index (χ1v) is 6.94. The molecule has 17 heavy (non-hydrogen) atoms. The lowest BCUT2D eigenvalue weighted by Crippen LogP contribution is -2.22. The Labute approximate surface area is 107 Å². The standard InChI is InChI=1S/C14H19NOS/c1-4-7-15-14(13-6-5-8-17-13)12-9-10(2)16-11(12)3/h5-6,8-9,14-15H,4,7H2,1-3H3. The number of thiophene rings is 1. The summed E-state index contributed by atoms with van der Waals surface area (Å²) >= 11 is 1.79. The number of furan rings is 1. The van der Waals surface area contributed by atoms with Gasteiger partial charge in [-0.05, 0) is 44.3 Å². The van der Waals surface area contributed by atoms with Crippen LogP contribution in [0.1, 0.15) is 41.3 Å². The average molecular weight is 249 g/mol. The third-order valence-corrected chi connectivity index (χ3v) is 3.75. The average Bonchev–Trinajstić information content (AvgIpc) is 2.90. The fraction of sp³-hybridized carbons (Fsp3) is 0.429. The summed E-state index contributed by atoms with van der Waals surface area (Å²) in [5.74, 6) is 2.00. The Morgan fingerprint density at radius 3 is 2.76 bits per heavy atom. The molecular weight excluding hydrogens is 230 g/mol. The maximum Gasteiger partial charge on any atom is 0.106 e. The molecule has 0 amide bonds. The van der Waals surface area contributed by atoms with Gasteiger partial charge in [0.05, 0.1) is 6.04 Å². The van der Waals surface area contributed by atoms with Crippen molar-refractivity contribution in [2.45, 2.75) is 33.2 Å². The first-order chi connectivity index (χ1) is 8.22. The van der Waals surface area contributed by atoms with Crippen molar-refractivity contribution in [2.24, 2.45) is 0 Å². The fourth-order valence-corrected chi connectivity index (χ4v) is 2.86. The summed E-state index contributed by atoms with van der Waals surface area (Å²) in [5.41, 5.74) is 1.26. The fourth-order valence-electron chi connectivity index (χ4n) is 2.05. The van der Waals surface area contributed by atoms with Crippen LogP contribution in [0, 0.1) is 13.8 Å². The molecule has 2 nitrogen and oxygen atoms in total. The van der Waals surface area contributed by atoms with E-state index in [2.05, 4.69) is 35.8 Å². The van der Waals surface area contributed by atoms with Crippen molar-refractivity contribution in [3.8, 4) is 0 Å². The number of hydrogen-bond acceptors (Lipinski definition) is 3. The van der Waals surface area contributed by atoms with E-state index >= 15 is 0 Å². The molecule has 1 unspecified atom stereocenters. The Hall–Kier alpha value is -1.06. The van der Waals surface area contributed by atoms with E-state index in [1.165, 1.54) is 10.4 Å². The molecule has 3 heteroatoms. The van der Waals surface area contributed by atoms with E-state index in [0.717, 1.165) is 24.5 Å². The van der Waals surface area contributed by atoms with E-state index in [1.807, 2.05) is 13.8 Å². The minimum Gasteiger partial charge on any atom is -0.466 e. The quantitative estimate of drug-likeness (QED) is 0.865. The summed E-state index contributed by atoms with van der Waals surface area (Å²) in [4.78, 5) is 1.35. The Balaban J connectivity index is 2.30. The predicted octanol–water partition coefficient (Wildman–Crippen LogP) is 4.05. The normalized spacial score (nSPS) is 12.9. The monoisotopic (exact) mass is 249 g/mol. The molecule has 2 aromatic rings. The first kappa shape index (κ1) is 12.4. The van der Waals surface area contributed by atoms with Crippen molar-refractivity contribution < 1.29 is 4.42 Å². The highest BCUT2D eigenvalue weighted by Crippen LogP contribution is 2.30. The van der Waals surface area contributed by atoms with E-state index in [0.29, 0.717) is 0 Å². The Morgan fingerprint density at radius 1 is 1.41 bits per heavy atom. The minimum atomic E-state index is 0.271. The topological polar surface area (TPSA) is 25.2 Å². The van der Waals surface area contributed by atoms with Gasteiger partial charge in [-0.1, -0.05) is 13.0 Å². The molecule has 0 spiro atoms. The second kappa shape index (κ2) is 5.52. The van der Waals surface area contributed by atoms with Gasteiger partial charge in [0.15, 0.2) is 0 Å². The molecule has 2 rings (SSSR count). The maximum absolute atomic E-state index is 5.64. The lowest BCUT2D eigenvalue weighted by Gasteiger charge is -2.16. The predicted molar refractivity (Wildman–Crippen MR) is 72.6 cm³/mol.